The molecule has 0 spiro atoms. The zero-order chi connectivity index (χ0) is 18.9. The number of carbonyl (C=O) groups is 1. The lowest BCUT2D eigenvalue weighted by Gasteiger charge is -2.25. The highest BCUT2D eigenvalue weighted by Gasteiger charge is 2.31. The second-order valence-corrected chi connectivity index (χ2v) is 9.03. The second kappa shape index (κ2) is 7.40. The van der Waals surface area contributed by atoms with Crippen molar-refractivity contribution in [3.63, 3.8) is 0 Å². The Morgan fingerprint density at radius 2 is 1.93 bits per heavy atom. The minimum Gasteiger partial charge on any atom is -0.332 e. The van der Waals surface area contributed by atoms with Gasteiger partial charge < -0.3 is 4.90 Å². The highest BCUT2D eigenvalue weighted by Crippen LogP contribution is 2.33. The summed E-state index contributed by atoms with van der Waals surface area (Å²) in [7, 11) is -3.59. The molecule has 2 aliphatic rings. The molecule has 0 radical (unpaired) electrons. The molecular weight excluding hydrogens is 362 g/mol. The number of amides is 1. The fourth-order valence-corrected chi connectivity index (χ4v) is 4.70. The quantitative estimate of drug-likeness (QED) is 0.829. The molecule has 27 heavy (non-hydrogen) atoms. The summed E-state index contributed by atoms with van der Waals surface area (Å²) >= 11 is 0. The van der Waals surface area contributed by atoms with Gasteiger partial charge in [0, 0.05) is 31.0 Å². The van der Waals surface area contributed by atoms with Gasteiger partial charge in [0.05, 0.1) is 10.9 Å². The van der Waals surface area contributed by atoms with Gasteiger partial charge in [-0.3, -0.25) is 9.78 Å². The number of hydrogen-bond donors (Lipinski definition) is 1. The zero-order valence-electron chi connectivity index (χ0n) is 15.0. The molecule has 1 aliphatic carbocycles. The summed E-state index contributed by atoms with van der Waals surface area (Å²) in [6.45, 7) is 1.14. The Morgan fingerprint density at radius 3 is 2.67 bits per heavy atom. The van der Waals surface area contributed by atoms with Crippen molar-refractivity contribution in [2.75, 3.05) is 13.1 Å². The third-order valence-electron chi connectivity index (χ3n) is 5.25. The summed E-state index contributed by atoms with van der Waals surface area (Å²) in [5.41, 5.74) is 1.47. The number of nitrogens with one attached hydrogen (secondary N) is 1. The van der Waals surface area contributed by atoms with Crippen LogP contribution in [0.25, 0.3) is 0 Å². The molecule has 2 heterocycles. The Morgan fingerprint density at radius 1 is 1.15 bits per heavy atom. The smallest absolute Gasteiger partial charge is 0.254 e. The molecule has 1 aromatic carbocycles. The molecule has 1 N–H and O–H groups in total. The van der Waals surface area contributed by atoms with Crippen LogP contribution in [-0.4, -0.2) is 37.3 Å². The van der Waals surface area contributed by atoms with Crippen LogP contribution in [0.3, 0.4) is 0 Å². The molecule has 2 aromatic rings. The van der Waals surface area contributed by atoms with Crippen LogP contribution in [0.1, 0.15) is 47.6 Å². The molecule has 6 nitrogen and oxygen atoms in total. The maximum atomic E-state index is 13.1. The van der Waals surface area contributed by atoms with E-state index in [9.17, 15) is 13.2 Å². The Hall–Kier alpha value is -2.25. The third kappa shape index (κ3) is 4.04. The fourth-order valence-electron chi connectivity index (χ4n) is 3.54. The summed E-state index contributed by atoms with van der Waals surface area (Å²) < 4.78 is 27.7. The van der Waals surface area contributed by atoms with Gasteiger partial charge in [0.15, 0.2) is 0 Å². The van der Waals surface area contributed by atoms with E-state index >= 15 is 0 Å². The minimum atomic E-state index is -3.59. The molecule has 7 heteroatoms. The Kier molecular flexibility index (Phi) is 4.97. The molecule has 1 aromatic heterocycles. The summed E-state index contributed by atoms with van der Waals surface area (Å²) in [4.78, 5) is 19.1. The minimum absolute atomic E-state index is 0.00811. The van der Waals surface area contributed by atoms with Gasteiger partial charge in [-0.2, -0.15) is 0 Å². The van der Waals surface area contributed by atoms with Crippen molar-refractivity contribution in [1.29, 1.82) is 0 Å². The first-order valence-electron chi connectivity index (χ1n) is 9.35. The van der Waals surface area contributed by atoms with Crippen molar-refractivity contribution in [2.24, 2.45) is 5.92 Å². The van der Waals surface area contributed by atoms with E-state index in [0.29, 0.717) is 24.6 Å². The normalized spacial score (nSPS) is 20.0. The molecule has 1 saturated heterocycles. The van der Waals surface area contributed by atoms with Gasteiger partial charge >= 0.3 is 0 Å². The van der Waals surface area contributed by atoms with Gasteiger partial charge in [-0.15, -0.1) is 0 Å². The van der Waals surface area contributed by atoms with Gasteiger partial charge in [0.25, 0.3) is 5.91 Å². The SMILES string of the molecule is O=C(c1cccc(S(=O)(=O)NCC2CC2)c1)N1CCC[C@H]1c1ccncc1. The molecule has 1 aliphatic heterocycles. The lowest BCUT2D eigenvalue weighted by atomic mass is 10.1. The second-order valence-electron chi connectivity index (χ2n) is 7.26. The van der Waals surface area contributed by atoms with Crippen LogP contribution in [0.4, 0.5) is 0 Å². The Labute approximate surface area is 159 Å². The third-order valence-corrected chi connectivity index (χ3v) is 6.68. The van der Waals surface area contributed by atoms with Crippen molar-refractivity contribution >= 4 is 15.9 Å². The molecule has 1 atom stereocenters. The van der Waals surface area contributed by atoms with E-state index in [2.05, 4.69) is 9.71 Å². The number of carbonyl (C=O) groups excluding carboxylic acids is 1. The summed E-state index contributed by atoms with van der Waals surface area (Å²) in [6.07, 6.45) is 7.44. The lowest BCUT2D eigenvalue weighted by molar-refractivity contribution is 0.0735. The molecule has 0 bridgehead atoms. The average Bonchev–Trinajstić information content (AvgIpc) is 3.41. The molecule has 142 valence electrons. The average molecular weight is 385 g/mol. The van der Waals surface area contributed by atoms with Crippen LogP contribution in [-0.2, 0) is 10.0 Å². The highest BCUT2D eigenvalue weighted by atomic mass is 32.2. The van der Waals surface area contributed by atoms with Crippen LogP contribution >= 0.6 is 0 Å². The zero-order valence-corrected chi connectivity index (χ0v) is 15.9. The van der Waals surface area contributed by atoms with E-state index in [-0.39, 0.29) is 16.8 Å². The predicted octanol–water partition coefficient (Wildman–Crippen LogP) is 2.75. The number of rotatable bonds is 6. The van der Waals surface area contributed by atoms with Gasteiger partial charge in [-0.05, 0) is 67.5 Å². The van der Waals surface area contributed by atoms with Gasteiger partial charge in [0.1, 0.15) is 0 Å². The number of hydrogen-bond acceptors (Lipinski definition) is 4. The molecule has 1 saturated carbocycles. The van der Waals surface area contributed by atoms with Gasteiger partial charge in [0.2, 0.25) is 10.0 Å². The Balaban J connectivity index is 1.55. The molecule has 1 amide bonds. The molecule has 0 unspecified atom stereocenters. The number of nitrogens with zero attached hydrogens (tertiary/aromatic N) is 2. The number of aromatic nitrogens is 1. The predicted molar refractivity (Wildman–Crippen MR) is 102 cm³/mol. The summed E-state index contributed by atoms with van der Waals surface area (Å²) in [6, 6.07) is 10.2. The topological polar surface area (TPSA) is 79.4 Å². The first-order valence-corrected chi connectivity index (χ1v) is 10.8. The van der Waals surface area contributed by atoms with E-state index in [0.717, 1.165) is 31.2 Å². The van der Waals surface area contributed by atoms with Crippen LogP contribution in [0.5, 0.6) is 0 Å². The van der Waals surface area contributed by atoms with Crippen LogP contribution in [0.15, 0.2) is 53.7 Å². The molecule has 2 fully saturated rings. The van der Waals surface area contributed by atoms with Gasteiger partial charge in [-0.25, -0.2) is 13.1 Å². The molecular formula is C20H23N3O3S. The molecule has 4 rings (SSSR count). The van der Waals surface area contributed by atoms with Crippen LogP contribution in [0.2, 0.25) is 0 Å². The summed E-state index contributed by atoms with van der Waals surface area (Å²) in [5.74, 6) is 0.323. The number of pyridine rings is 1. The van der Waals surface area contributed by atoms with Crippen molar-refractivity contribution in [3.8, 4) is 0 Å². The van der Waals surface area contributed by atoms with E-state index in [4.69, 9.17) is 0 Å². The largest absolute Gasteiger partial charge is 0.332 e. The first-order chi connectivity index (χ1) is 13.0. The van der Waals surface area contributed by atoms with E-state index in [1.807, 2.05) is 17.0 Å². The lowest BCUT2D eigenvalue weighted by Crippen LogP contribution is -2.31. The van der Waals surface area contributed by atoms with Crippen molar-refractivity contribution < 1.29 is 13.2 Å². The van der Waals surface area contributed by atoms with E-state index < -0.39 is 10.0 Å². The monoisotopic (exact) mass is 385 g/mol. The number of benzene rings is 1. The maximum absolute atomic E-state index is 13.1. The maximum Gasteiger partial charge on any atom is 0.254 e. The fraction of sp³-hybridized carbons (Fsp3) is 0.400. The van der Waals surface area contributed by atoms with E-state index in [1.54, 1.807) is 24.5 Å². The Bertz CT molecular complexity index is 926. The number of likely N-dealkylation sites (tertiary alicyclic amines) is 1. The first kappa shape index (κ1) is 18.1. The van der Waals surface area contributed by atoms with E-state index in [1.165, 1.54) is 12.1 Å². The van der Waals surface area contributed by atoms with Crippen molar-refractivity contribution in [3.05, 3.63) is 59.9 Å². The van der Waals surface area contributed by atoms with Gasteiger partial charge in [-0.1, -0.05) is 6.07 Å². The number of sulfonamides is 1. The van der Waals surface area contributed by atoms with Crippen molar-refractivity contribution in [2.45, 2.75) is 36.6 Å². The van der Waals surface area contributed by atoms with Crippen molar-refractivity contribution in [1.82, 2.24) is 14.6 Å². The highest BCUT2D eigenvalue weighted by molar-refractivity contribution is 7.89. The van der Waals surface area contributed by atoms with Crippen LogP contribution in [0, 0.1) is 5.92 Å². The summed E-state index contributed by atoms with van der Waals surface area (Å²) in [5, 5.41) is 0. The standard InChI is InChI=1S/C20H23N3O3S/c24-20(23-12-2-5-19(23)16-8-10-21-11-9-16)17-3-1-4-18(13-17)27(25,26)22-14-15-6-7-15/h1,3-4,8-11,13,15,19,22H,2,5-7,12,14H2/t19-/m0/s1. The van der Waals surface area contributed by atoms with Crippen LogP contribution < -0.4 is 4.72 Å².